The first-order chi connectivity index (χ1) is 10.5. The van der Waals surface area contributed by atoms with Gasteiger partial charge in [0, 0.05) is 0 Å². The monoisotopic (exact) mass is 302 g/mol. The second-order valence-electron chi connectivity index (χ2n) is 5.69. The summed E-state index contributed by atoms with van der Waals surface area (Å²) in [5.74, 6) is 0.989. The molecule has 1 aliphatic heterocycles. The zero-order valence-corrected chi connectivity index (χ0v) is 13.2. The Hall–Kier alpha value is -1.56. The van der Waals surface area contributed by atoms with Crippen LogP contribution in [-0.4, -0.2) is 30.5 Å². The van der Waals surface area contributed by atoms with Crippen LogP contribution in [0, 0.1) is 5.92 Å². The second-order valence-corrected chi connectivity index (χ2v) is 5.69. The Morgan fingerprint density at radius 1 is 1.41 bits per heavy atom. The number of hydrogen-bond donors (Lipinski definition) is 2. The number of ether oxygens (including phenoxy) is 1. The van der Waals surface area contributed by atoms with Crippen molar-refractivity contribution in [1.29, 1.82) is 0 Å². The van der Waals surface area contributed by atoms with E-state index in [0.29, 0.717) is 12.2 Å². The lowest BCUT2D eigenvalue weighted by atomic mass is 9.69. The van der Waals surface area contributed by atoms with Gasteiger partial charge in [0.25, 0.3) is 0 Å². The highest BCUT2D eigenvalue weighted by Gasteiger charge is 2.31. The summed E-state index contributed by atoms with van der Waals surface area (Å²) in [6.07, 6.45) is 2.54. The standard InChI is InChI=1S/C17H23BO4/c1-12(2)13(3)16-8-9-17(22-18(16)20)14-4-6-15(7-5-14)21-11-10-19/h4-8,12,17,19-20H,3,9-11H2,1-2H3/t17-/m0/s1. The molecule has 0 saturated carbocycles. The minimum absolute atomic E-state index is 0.00696. The average molecular weight is 302 g/mol. The van der Waals surface area contributed by atoms with E-state index in [4.69, 9.17) is 14.5 Å². The Morgan fingerprint density at radius 3 is 2.64 bits per heavy atom. The number of hydrogen-bond acceptors (Lipinski definition) is 4. The molecule has 1 aromatic carbocycles. The fourth-order valence-corrected chi connectivity index (χ4v) is 2.40. The van der Waals surface area contributed by atoms with Crippen molar-refractivity contribution in [3.8, 4) is 5.75 Å². The lowest BCUT2D eigenvalue weighted by molar-refractivity contribution is 0.168. The third kappa shape index (κ3) is 4.00. The Labute approximate surface area is 132 Å². The Kier molecular flexibility index (Phi) is 5.83. The van der Waals surface area contributed by atoms with E-state index in [-0.39, 0.29) is 25.2 Å². The summed E-state index contributed by atoms with van der Waals surface area (Å²) >= 11 is 0. The summed E-state index contributed by atoms with van der Waals surface area (Å²) in [6.45, 7) is 8.39. The minimum Gasteiger partial charge on any atom is -0.491 e. The number of aliphatic hydroxyl groups is 1. The van der Waals surface area contributed by atoms with Crippen LogP contribution in [0.1, 0.15) is 31.9 Å². The van der Waals surface area contributed by atoms with Crippen molar-refractivity contribution >= 4 is 7.12 Å². The smallest absolute Gasteiger partial charge is 0.491 e. The van der Waals surface area contributed by atoms with Crippen LogP contribution in [0.15, 0.2) is 48.0 Å². The van der Waals surface area contributed by atoms with Crippen LogP contribution in [0.3, 0.4) is 0 Å². The molecule has 2 rings (SSSR count). The Bertz CT molecular complexity index is 536. The molecule has 0 aliphatic carbocycles. The van der Waals surface area contributed by atoms with Gasteiger partial charge in [-0.15, -0.1) is 0 Å². The van der Waals surface area contributed by atoms with Crippen molar-refractivity contribution in [3.63, 3.8) is 0 Å². The van der Waals surface area contributed by atoms with Crippen LogP contribution in [0.2, 0.25) is 0 Å². The summed E-state index contributed by atoms with van der Waals surface area (Å²) < 4.78 is 11.1. The molecule has 4 nitrogen and oxygen atoms in total. The molecule has 1 aromatic rings. The summed E-state index contributed by atoms with van der Waals surface area (Å²) in [4.78, 5) is 0. The molecule has 0 radical (unpaired) electrons. The zero-order valence-electron chi connectivity index (χ0n) is 13.2. The second kappa shape index (κ2) is 7.63. The zero-order chi connectivity index (χ0) is 16.1. The predicted molar refractivity (Wildman–Crippen MR) is 87.5 cm³/mol. The van der Waals surface area contributed by atoms with Crippen LogP contribution in [0.25, 0.3) is 0 Å². The molecule has 0 spiro atoms. The van der Waals surface area contributed by atoms with E-state index < -0.39 is 7.12 Å². The van der Waals surface area contributed by atoms with Crippen molar-refractivity contribution in [2.24, 2.45) is 5.92 Å². The molecule has 0 fully saturated rings. The van der Waals surface area contributed by atoms with Gasteiger partial charge in [-0.1, -0.05) is 44.2 Å². The number of rotatable bonds is 6. The predicted octanol–water partition coefficient (Wildman–Crippen LogP) is 2.68. The quantitative estimate of drug-likeness (QED) is 0.793. The first kappa shape index (κ1) is 16.8. The van der Waals surface area contributed by atoms with Gasteiger partial charge >= 0.3 is 7.12 Å². The van der Waals surface area contributed by atoms with E-state index in [2.05, 4.69) is 6.58 Å². The molecular formula is C17H23BO4. The SMILES string of the molecule is C=C(C1=CC[C@@H](c2ccc(OCCO)cc2)OB1O)C(C)C. The number of allylic oxidation sites excluding steroid dienone is 2. The largest absolute Gasteiger partial charge is 0.491 e. The minimum atomic E-state index is -0.932. The first-order valence-corrected chi connectivity index (χ1v) is 7.59. The van der Waals surface area contributed by atoms with E-state index in [9.17, 15) is 5.02 Å². The molecule has 22 heavy (non-hydrogen) atoms. The molecule has 5 heteroatoms. The van der Waals surface area contributed by atoms with Gasteiger partial charge in [0.05, 0.1) is 12.7 Å². The van der Waals surface area contributed by atoms with E-state index in [0.717, 1.165) is 16.6 Å². The Balaban J connectivity index is 2.05. The van der Waals surface area contributed by atoms with Crippen molar-refractivity contribution in [2.45, 2.75) is 26.4 Å². The molecule has 0 unspecified atom stereocenters. The first-order valence-electron chi connectivity index (χ1n) is 7.59. The van der Waals surface area contributed by atoms with Crippen molar-refractivity contribution in [1.82, 2.24) is 0 Å². The van der Waals surface area contributed by atoms with Gasteiger partial charge < -0.3 is 19.5 Å². The van der Waals surface area contributed by atoms with Gasteiger partial charge in [0.15, 0.2) is 0 Å². The lowest BCUT2D eigenvalue weighted by Gasteiger charge is -2.27. The molecule has 0 saturated heterocycles. The summed E-state index contributed by atoms with van der Waals surface area (Å²) in [5, 5.41) is 18.9. The third-order valence-electron chi connectivity index (χ3n) is 3.79. The highest BCUT2D eigenvalue weighted by atomic mass is 16.5. The molecule has 1 aliphatic rings. The maximum absolute atomic E-state index is 10.2. The maximum atomic E-state index is 10.2. The van der Waals surface area contributed by atoms with Crippen molar-refractivity contribution in [3.05, 3.63) is 53.5 Å². The maximum Gasteiger partial charge on any atom is 0.491 e. The third-order valence-corrected chi connectivity index (χ3v) is 3.79. The molecule has 0 amide bonds. The highest BCUT2D eigenvalue weighted by molar-refractivity contribution is 6.54. The molecule has 118 valence electrons. The fourth-order valence-electron chi connectivity index (χ4n) is 2.40. The summed E-state index contributed by atoms with van der Waals surface area (Å²) in [6, 6.07) is 7.51. The van der Waals surface area contributed by atoms with Crippen LogP contribution in [-0.2, 0) is 4.65 Å². The normalized spacial score (nSPS) is 18.3. The van der Waals surface area contributed by atoms with Gasteiger partial charge in [0.2, 0.25) is 0 Å². The van der Waals surface area contributed by atoms with Crippen LogP contribution in [0.4, 0.5) is 0 Å². The van der Waals surface area contributed by atoms with Crippen LogP contribution < -0.4 is 4.74 Å². The topological polar surface area (TPSA) is 58.9 Å². The van der Waals surface area contributed by atoms with Gasteiger partial charge in [-0.2, -0.15) is 0 Å². The molecule has 1 atom stereocenters. The molecule has 1 heterocycles. The van der Waals surface area contributed by atoms with Gasteiger partial charge in [-0.05, 0) is 35.5 Å². The summed E-state index contributed by atoms with van der Waals surface area (Å²) in [5.41, 5.74) is 2.69. The molecular weight excluding hydrogens is 279 g/mol. The van der Waals surface area contributed by atoms with Crippen LogP contribution in [0.5, 0.6) is 5.75 Å². The van der Waals surface area contributed by atoms with Crippen molar-refractivity contribution in [2.75, 3.05) is 13.2 Å². The Morgan fingerprint density at radius 2 is 2.09 bits per heavy atom. The van der Waals surface area contributed by atoms with E-state index in [1.807, 2.05) is 44.2 Å². The molecule has 0 bridgehead atoms. The molecule has 2 N–H and O–H groups in total. The van der Waals surface area contributed by atoms with E-state index >= 15 is 0 Å². The van der Waals surface area contributed by atoms with Crippen molar-refractivity contribution < 1.29 is 19.5 Å². The fraction of sp³-hybridized carbons (Fsp3) is 0.412. The van der Waals surface area contributed by atoms with Gasteiger partial charge in [-0.3, -0.25) is 0 Å². The van der Waals surface area contributed by atoms with Gasteiger partial charge in [-0.25, -0.2) is 0 Å². The number of benzene rings is 1. The van der Waals surface area contributed by atoms with E-state index in [1.54, 1.807) is 0 Å². The number of aliphatic hydroxyl groups excluding tert-OH is 1. The summed E-state index contributed by atoms with van der Waals surface area (Å²) in [7, 11) is -0.932. The lowest BCUT2D eigenvalue weighted by Crippen LogP contribution is -2.29. The van der Waals surface area contributed by atoms with E-state index in [1.165, 1.54) is 0 Å². The average Bonchev–Trinajstić information content (AvgIpc) is 2.52. The van der Waals surface area contributed by atoms with Gasteiger partial charge in [0.1, 0.15) is 12.4 Å². The van der Waals surface area contributed by atoms with Crippen LogP contribution >= 0.6 is 0 Å². The highest BCUT2D eigenvalue weighted by Crippen LogP contribution is 2.32. The molecule has 0 aromatic heterocycles.